The van der Waals surface area contributed by atoms with Crippen molar-refractivity contribution in [3.05, 3.63) is 12.2 Å². The standard InChI is InChI=1S/C12H16O4/c1-2-7-16-12(15)6-4-9-3-5-10(13)11(14)8-9/h4,6,9H,2-3,5,7-8H2,1H3. The van der Waals surface area contributed by atoms with Crippen molar-refractivity contribution < 1.29 is 19.1 Å². The van der Waals surface area contributed by atoms with Crippen LogP contribution in [0.3, 0.4) is 0 Å². The van der Waals surface area contributed by atoms with Gasteiger partial charge in [-0.15, -0.1) is 0 Å². The molecule has 0 aromatic heterocycles. The Balaban J connectivity index is 2.37. The van der Waals surface area contributed by atoms with E-state index in [1.165, 1.54) is 6.08 Å². The highest BCUT2D eigenvalue weighted by molar-refractivity contribution is 6.37. The first-order chi connectivity index (χ1) is 7.63. The van der Waals surface area contributed by atoms with Gasteiger partial charge in [0.15, 0.2) is 11.6 Å². The number of allylic oxidation sites excluding steroid dienone is 1. The fourth-order valence-corrected chi connectivity index (χ4v) is 1.54. The topological polar surface area (TPSA) is 60.4 Å². The lowest BCUT2D eigenvalue weighted by Crippen LogP contribution is -2.23. The molecular weight excluding hydrogens is 208 g/mol. The van der Waals surface area contributed by atoms with E-state index in [-0.39, 0.29) is 36.3 Å². The lowest BCUT2D eigenvalue weighted by molar-refractivity contribution is -0.138. The molecule has 1 unspecified atom stereocenters. The molecule has 0 amide bonds. The van der Waals surface area contributed by atoms with Crippen LogP contribution in [0.15, 0.2) is 12.2 Å². The molecule has 0 spiro atoms. The average Bonchev–Trinajstić information content (AvgIpc) is 2.28. The zero-order valence-electron chi connectivity index (χ0n) is 9.40. The number of rotatable bonds is 4. The number of ether oxygens (including phenoxy) is 1. The van der Waals surface area contributed by atoms with Crippen LogP contribution in [0.1, 0.15) is 32.6 Å². The maximum atomic E-state index is 11.1. The minimum atomic E-state index is -0.383. The molecule has 0 aromatic rings. The molecule has 1 fully saturated rings. The third-order valence-corrected chi connectivity index (χ3v) is 2.45. The molecule has 16 heavy (non-hydrogen) atoms. The van der Waals surface area contributed by atoms with Crippen LogP contribution in [-0.2, 0) is 19.1 Å². The summed E-state index contributed by atoms with van der Waals surface area (Å²) in [5, 5.41) is 0. The van der Waals surface area contributed by atoms with Crippen molar-refractivity contribution in [3.8, 4) is 0 Å². The predicted octanol–water partition coefficient (Wildman–Crippen LogP) is 1.43. The Hall–Kier alpha value is -1.45. The van der Waals surface area contributed by atoms with E-state index in [2.05, 4.69) is 0 Å². The average molecular weight is 224 g/mol. The second-order valence-corrected chi connectivity index (χ2v) is 3.88. The first kappa shape index (κ1) is 12.6. The summed E-state index contributed by atoms with van der Waals surface area (Å²) in [4.78, 5) is 33.2. The summed E-state index contributed by atoms with van der Waals surface area (Å²) in [6.07, 6.45) is 4.96. The van der Waals surface area contributed by atoms with Gasteiger partial charge in [0.1, 0.15) is 0 Å². The molecule has 88 valence electrons. The van der Waals surface area contributed by atoms with Crippen molar-refractivity contribution in [2.45, 2.75) is 32.6 Å². The highest BCUT2D eigenvalue weighted by atomic mass is 16.5. The Morgan fingerprint density at radius 1 is 1.44 bits per heavy atom. The van der Waals surface area contributed by atoms with Crippen molar-refractivity contribution >= 4 is 17.5 Å². The van der Waals surface area contributed by atoms with Crippen LogP contribution in [0, 0.1) is 5.92 Å². The molecule has 0 saturated heterocycles. The zero-order valence-corrected chi connectivity index (χ0v) is 9.40. The highest BCUT2D eigenvalue weighted by Gasteiger charge is 2.24. The summed E-state index contributed by atoms with van der Waals surface area (Å²) in [5.74, 6) is -1.01. The van der Waals surface area contributed by atoms with E-state index in [4.69, 9.17) is 4.74 Å². The first-order valence-corrected chi connectivity index (χ1v) is 5.54. The number of carbonyl (C=O) groups excluding carboxylic acids is 3. The summed E-state index contributed by atoms with van der Waals surface area (Å²) in [6.45, 7) is 2.33. The van der Waals surface area contributed by atoms with Crippen LogP contribution in [0.5, 0.6) is 0 Å². The smallest absolute Gasteiger partial charge is 0.330 e. The second-order valence-electron chi connectivity index (χ2n) is 3.88. The van der Waals surface area contributed by atoms with Crippen LogP contribution < -0.4 is 0 Å². The molecule has 0 bridgehead atoms. The van der Waals surface area contributed by atoms with Gasteiger partial charge in [0.25, 0.3) is 0 Å². The molecule has 0 radical (unpaired) electrons. The van der Waals surface area contributed by atoms with Crippen LogP contribution in [0.2, 0.25) is 0 Å². The van der Waals surface area contributed by atoms with Crippen LogP contribution in [-0.4, -0.2) is 24.1 Å². The Morgan fingerprint density at radius 3 is 2.81 bits per heavy atom. The molecule has 0 heterocycles. The molecule has 1 atom stereocenters. The van der Waals surface area contributed by atoms with Crippen LogP contribution in [0.4, 0.5) is 0 Å². The normalized spacial score (nSPS) is 21.4. The number of hydrogen-bond donors (Lipinski definition) is 0. The second kappa shape index (κ2) is 6.20. The molecule has 0 aliphatic heterocycles. The minimum absolute atomic E-state index is 0.000577. The monoisotopic (exact) mass is 224 g/mol. The van der Waals surface area contributed by atoms with Gasteiger partial charge in [-0.05, 0) is 18.8 Å². The highest BCUT2D eigenvalue weighted by Crippen LogP contribution is 2.20. The number of Topliss-reactive ketones (excluding diaryl/α,β-unsaturated/α-hetero) is 2. The summed E-state index contributed by atoms with van der Waals surface area (Å²) >= 11 is 0. The van der Waals surface area contributed by atoms with Crippen molar-refractivity contribution in [1.29, 1.82) is 0 Å². The van der Waals surface area contributed by atoms with Gasteiger partial charge in [0, 0.05) is 18.9 Å². The third-order valence-electron chi connectivity index (χ3n) is 2.45. The number of hydrogen-bond acceptors (Lipinski definition) is 4. The van der Waals surface area contributed by atoms with E-state index in [0.717, 1.165) is 6.42 Å². The summed E-state index contributed by atoms with van der Waals surface area (Å²) in [5.41, 5.74) is 0. The number of carbonyl (C=O) groups is 3. The molecule has 1 aliphatic rings. The molecule has 4 heteroatoms. The number of esters is 1. The van der Waals surface area contributed by atoms with Gasteiger partial charge in [-0.3, -0.25) is 9.59 Å². The molecule has 4 nitrogen and oxygen atoms in total. The minimum Gasteiger partial charge on any atom is -0.463 e. The first-order valence-electron chi connectivity index (χ1n) is 5.54. The van der Waals surface area contributed by atoms with Crippen molar-refractivity contribution in [2.75, 3.05) is 6.61 Å². The molecule has 1 aliphatic carbocycles. The number of ketones is 2. The van der Waals surface area contributed by atoms with Crippen LogP contribution >= 0.6 is 0 Å². The van der Waals surface area contributed by atoms with Gasteiger partial charge in [0.2, 0.25) is 0 Å². The van der Waals surface area contributed by atoms with Gasteiger partial charge in [-0.25, -0.2) is 4.79 Å². The van der Waals surface area contributed by atoms with E-state index in [1.807, 2.05) is 6.92 Å². The quantitative estimate of drug-likeness (QED) is 0.412. The van der Waals surface area contributed by atoms with Gasteiger partial charge < -0.3 is 4.74 Å². The van der Waals surface area contributed by atoms with Crippen molar-refractivity contribution in [3.63, 3.8) is 0 Å². The Labute approximate surface area is 94.7 Å². The van der Waals surface area contributed by atoms with Crippen LogP contribution in [0.25, 0.3) is 0 Å². The lowest BCUT2D eigenvalue weighted by atomic mass is 9.87. The maximum Gasteiger partial charge on any atom is 0.330 e. The summed E-state index contributed by atoms with van der Waals surface area (Å²) < 4.78 is 4.85. The molecule has 1 saturated carbocycles. The molecule has 0 N–H and O–H groups in total. The third kappa shape index (κ3) is 3.96. The van der Waals surface area contributed by atoms with E-state index in [1.54, 1.807) is 6.08 Å². The van der Waals surface area contributed by atoms with E-state index < -0.39 is 0 Å². The largest absolute Gasteiger partial charge is 0.463 e. The fourth-order valence-electron chi connectivity index (χ4n) is 1.54. The molecular formula is C12H16O4. The van der Waals surface area contributed by atoms with Gasteiger partial charge >= 0.3 is 5.97 Å². The van der Waals surface area contributed by atoms with Crippen molar-refractivity contribution in [1.82, 2.24) is 0 Å². The van der Waals surface area contributed by atoms with Crippen molar-refractivity contribution in [2.24, 2.45) is 5.92 Å². The Kier molecular flexibility index (Phi) is 4.89. The van der Waals surface area contributed by atoms with E-state index in [0.29, 0.717) is 13.0 Å². The predicted molar refractivity (Wildman–Crippen MR) is 57.7 cm³/mol. The molecule has 1 rings (SSSR count). The maximum absolute atomic E-state index is 11.1. The summed E-state index contributed by atoms with van der Waals surface area (Å²) in [7, 11) is 0. The Bertz CT molecular complexity index is 317. The van der Waals surface area contributed by atoms with Gasteiger partial charge in [-0.2, -0.15) is 0 Å². The SMILES string of the molecule is CCCOC(=O)C=CC1CCC(=O)C(=O)C1. The Morgan fingerprint density at radius 2 is 2.19 bits per heavy atom. The van der Waals surface area contributed by atoms with Gasteiger partial charge in [0.05, 0.1) is 6.61 Å². The zero-order chi connectivity index (χ0) is 12.0. The van der Waals surface area contributed by atoms with Gasteiger partial charge in [-0.1, -0.05) is 13.0 Å². The van der Waals surface area contributed by atoms with E-state index >= 15 is 0 Å². The molecule has 0 aromatic carbocycles. The lowest BCUT2D eigenvalue weighted by Gasteiger charge is -2.15. The van der Waals surface area contributed by atoms with E-state index in [9.17, 15) is 14.4 Å². The summed E-state index contributed by atoms with van der Waals surface area (Å²) in [6, 6.07) is 0. The fraction of sp³-hybridized carbons (Fsp3) is 0.583.